The molecule has 1 aliphatic rings. The fraction of sp³-hybridized carbons (Fsp3) is 0.619. The molecule has 1 fully saturated rings. The molecule has 2 unspecified atom stereocenters. The lowest BCUT2D eigenvalue weighted by molar-refractivity contribution is -0.128. The lowest BCUT2D eigenvalue weighted by atomic mass is 9.92. The van der Waals surface area contributed by atoms with Gasteiger partial charge in [-0.15, -0.1) is 0 Å². The van der Waals surface area contributed by atoms with Gasteiger partial charge in [0.2, 0.25) is 11.8 Å². The van der Waals surface area contributed by atoms with E-state index in [-0.39, 0.29) is 17.7 Å². The van der Waals surface area contributed by atoms with Crippen molar-refractivity contribution in [3.8, 4) is 0 Å². The minimum Gasteiger partial charge on any atom is -0.356 e. The molecule has 5 nitrogen and oxygen atoms in total. The molecule has 2 N–H and O–H groups in total. The van der Waals surface area contributed by atoms with Crippen LogP contribution in [0.25, 0.3) is 0 Å². The summed E-state index contributed by atoms with van der Waals surface area (Å²) in [5.41, 5.74) is 2.08. The first-order valence-electron chi connectivity index (χ1n) is 9.94. The number of rotatable bonds is 8. The van der Waals surface area contributed by atoms with E-state index >= 15 is 0 Å². The van der Waals surface area contributed by atoms with Gasteiger partial charge in [0.05, 0.1) is 12.5 Å². The van der Waals surface area contributed by atoms with Crippen LogP contribution in [0.3, 0.4) is 0 Å². The molecule has 26 heavy (non-hydrogen) atoms. The van der Waals surface area contributed by atoms with Crippen LogP contribution in [0.15, 0.2) is 24.3 Å². The number of aryl methyl sites for hydroxylation is 1. The molecule has 144 valence electrons. The number of carbonyl (C=O) groups is 2. The molecule has 1 saturated heterocycles. The second-order valence-electron chi connectivity index (χ2n) is 7.30. The summed E-state index contributed by atoms with van der Waals surface area (Å²) >= 11 is 0. The fourth-order valence-electron chi connectivity index (χ4n) is 3.36. The zero-order valence-corrected chi connectivity index (χ0v) is 16.4. The Hall–Kier alpha value is -1.88. The standard InChI is InChI=1S/C21H33N3O2/c1-4-6-13-22-21(26)18-10-7-16(3)24(14-18)15-20(25)23-19-11-8-17(5-2)9-12-19/h8-9,11-12,16,18H,4-7,10,13-15H2,1-3H3,(H,22,26)(H,23,25). The van der Waals surface area contributed by atoms with E-state index in [1.807, 2.05) is 24.3 Å². The number of nitrogens with one attached hydrogen (secondary N) is 2. The van der Waals surface area contributed by atoms with Crippen molar-refractivity contribution in [1.82, 2.24) is 10.2 Å². The third kappa shape index (κ3) is 6.13. The van der Waals surface area contributed by atoms with Gasteiger partial charge in [0.15, 0.2) is 0 Å². The van der Waals surface area contributed by atoms with Crippen molar-refractivity contribution in [3.05, 3.63) is 29.8 Å². The minimum absolute atomic E-state index is 0.0142. The van der Waals surface area contributed by atoms with Gasteiger partial charge in [-0.25, -0.2) is 0 Å². The highest BCUT2D eigenvalue weighted by atomic mass is 16.2. The Labute approximate surface area is 157 Å². The Kier molecular flexibility index (Phi) is 8.10. The summed E-state index contributed by atoms with van der Waals surface area (Å²) < 4.78 is 0. The maximum atomic E-state index is 12.4. The number of piperidine rings is 1. The molecular weight excluding hydrogens is 326 g/mol. The van der Waals surface area contributed by atoms with E-state index in [2.05, 4.69) is 36.3 Å². The van der Waals surface area contributed by atoms with Crippen LogP contribution < -0.4 is 10.6 Å². The lowest BCUT2D eigenvalue weighted by Gasteiger charge is -2.36. The highest BCUT2D eigenvalue weighted by molar-refractivity contribution is 5.92. The van der Waals surface area contributed by atoms with Gasteiger partial charge in [-0.05, 0) is 50.3 Å². The normalized spacial score (nSPS) is 20.6. The number of likely N-dealkylation sites (tertiary alicyclic amines) is 1. The van der Waals surface area contributed by atoms with Crippen LogP contribution in [-0.2, 0) is 16.0 Å². The first-order valence-corrected chi connectivity index (χ1v) is 9.94. The van der Waals surface area contributed by atoms with Gasteiger partial charge in [-0.2, -0.15) is 0 Å². The van der Waals surface area contributed by atoms with E-state index in [1.165, 1.54) is 5.56 Å². The highest BCUT2D eigenvalue weighted by Crippen LogP contribution is 2.22. The molecule has 0 bridgehead atoms. The Morgan fingerprint density at radius 1 is 1.15 bits per heavy atom. The molecule has 1 heterocycles. The first kappa shape index (κ1) is 20.4. The van der Waals surface area contributed by atoms with Crippen LogP contribution in [0, 0.1) is 5.92 Å². The van der Waals surface area contributed by atoms with Crippen LogP contribution in [-0.4, -0.2) is 42.4 Å². The number of nitrogens with zero attached hydrogens (tertiary/aromatic N) is 1. The van der Waals surface area contributed by atoms with E-state index in [9.17, 15) is 9.59 Å². The number of anilines is 1. The van der Waals surface area contributed by atoms with E-state index in [0.717, 1.165) is 44.3 Å². The molecule has 0 aromatic heterocycles. The van der Waals surface area contributed by atoms with Crippen LogP contribution in [0.1, 0.15) is 52.0 Å². The molecule has 0 radical (unpaired) electrons. The highest BCUT2D eigenvalue weighted by Gasteiger charge is 2.30. The summed E-state index contributed by atoms with van der Waals surface area (Å²) in [5, 5.41) is 5.99. The molecule has 5 heteroatoms. The van der Waals surface area contributed by atoms with Crippen molar-refractivity contribution in [2.75, 3.05) is 25.0 Å². The van der Waals surface area contributed by atoms with Crippen LogP contribution in [0.2, 0.25) is 0 Å². The molecule has 1 aromatic rings. The number of hydrogen-bond donors (Lipinski definition) is 2. The predicted molar refractivity (Wildman–Crippen MR) is 106 cm³/mol. The predicted octanol–water partition coefficient (Wildman–Crippen LogP) is 3.20. The van der Waals surface area contributed by atoms with Crippen molar-refractivity contribution in [3.63, 3.8) is 0 Å². The van der Waals surface area contributed by atoms with E-state index in [0.29, 0.717) is 19.1 Å². The average Bonchev–Trinajstić information content (AvgIpc) is 2.64. The summed E-state index contributed by atoms with van der Waals surface area (Å²) in [5.74, 6) is 0.0961. The van der Waals surface area contributed by atoms with Crippen LogP contribution in [0.4, 0.5) is 5.69 Å². The maximum Gasteiger partial charge on any atom is 0.238 e. The molecule has 1 aliphatic heterocycles. The van der Waals surface area contributed by atoms with Crippen molar-refractivity contribution in [2.45, 2.75) is 58.9 Å². The summed E-state index contributed by atoms with van der Waals surface area (Å²) in [6.07, 6.45) is 4.92. The van der Waals surface area contributed by atoms with Crippen LogP contribution >= 0.6 is 0 Å². The average molecular weight is 360 g/mol. The summed E-state index contributed by atoms with van der Waals surface area (Å²) in [6.45, 7) is 8.09. The molecule has 2 atom stereocenters. The second kappa shape index (κ2) is 10.3. The van der Waals surface area contributed by atoms with Crippen molar-refractivity contribution in [2.24, 2.45) is 5.92 Å². The SMILES string of the molecule is CCCCNC(=O)C1CCC(C)N(CC(=O)Nc2ccc(CC)cc2)C1. The number of unbranched alkanes of at least 4 members (excludes halogenated alkanes) is 1. The van der Waals surface area contributed by atoms with Gasteiger partial charge in [0, 0.05) is 24.8 Å². The van der Waals surface area contributed by atoms with Crippen molar-refractivity contribution >= 4 is 17.5 Å². The summed E-state index contributed by atoms with van der Waals surface area (Å²) in [6, 6.07) is 8.29. The molecule has 2 amide bonds. The van der Waals surface area contributed by atoms with Crippen molar-refractivity contribution < 1.29 is 9.59 Å². The maximum absolute atomic E-state index is 12.4. The zero-order valence-electron chi connectivity index (χ0n) is 16.4. The monoisotopic (exact) mass is 359 g/mol. The van der Waals surface area contributed by atoms with E-state index in [4.69, 9.17) is 0 Å². The smallest absolute Gasteiger partial charge is 0.238 e. The Bertz CT molecular complexity index is 585. The lowest BCUT2D eigenvalue weighted by Crippen LogP contribution is -2.49. The Balaban J connectivity index is 1.85. The number of carbonyl (C=O) groups excluding carboxylic acids is 2. The van der Waals surface area contributed by atoms with Gasteiger partial charge >= 0.3 is 0 Å². The minimum atomic E-state index is -0.0202. The molecular formula is C21H33N3O2. The third-order valence-corrected chi connectivity index (χ3v) is 5.20. The molecule has 0 aliphatic carbocycles. The van der Waals surface area contributed by atoms with Gasteiger partial charge in [0.25, 0.3) is 0 Å². The topological polar surface area (TPSA) is 61.4 Å². The van der Waals surface area contributed by atoms with Gasteiger partial charge in [0.1, 0.15) is 0 Å². The first-order chi connectivity index (χ1) is 12.5. The quantitative estimate of drug-likeness (QED) is 0.701. The molecule has 1 aromatic carbocycles. The third-order valence-electron chi connectivity index (χ3n) is 5.20. The number of hydrogen-bond acceptors (Lipinski definition) is 3. The molecule has 2 rings (SSSR count). The Morgan fingerprint density at radius 3 is 2.54 bits per heavy atom. The fourth-order valence-corrected chi connectivity index (χ4v) is 3.36. The largest absolute Gasteiger partial charge is 0.356 e. The molecule has 0 spiro atoms. The zero-order chi connectivity index (χ0) is 18.9. The Morgan fingerprint density at radius 2 is 1.88 bits per heavy atom. The van der Waals surface area contributed by atoms with Gasteiger partial charge in [-0.3, -0.25) is 14.5 Å². The number of amides is 2. The molecule has 0 saturated carbocycles. The second-order valence-corrected chi connectivity index (χ2v) is 7.30. The van der Waals surface area contributed by atoms with Gasteiger partial charge in [-0.1, -0.05) is 32.4 Å². The van der Waals surface area contributed by atoms with Gasteiger partial charge < -0.3 is 10.6 Å². The number of benzene rings is 1. The summed E-state index contributed by atoms with van der Waals surface area (Å²) in [7, 11) is 0. The summed E-state index contributed by atoms with van der Waals surface area (Å²) in [4.78, 5) is 26.9. The van der Waals surface area contributed by atoms with E-state index in [1.54, 1.807) is 0 Å². The van der Waals surface area contributed by atoms with Crippen LogP contribution in [0.5, 0.6) is 0 Å². The van der Waals surface area contributed by atoms with Crippen molar-refractivity contribution in [1.29, 1.82) is 0 Å². The van der Waals surface area contributed by atoms with E-state index < -0.39 is 0 Å².